The van der Waals surface area contributed by atoms with Gasteiger partial charge in [0.05, 0.1) is 11.5 Å². The quantitative estimate of drug-likeness (QED) is 0.835. The van der Waals surface area contributed by atoms with Gasteiger partial charge in [-0.15, -0.1) is 0 Å². The molecule has 1 aromatic rings. The van der Waals surface area contributed by atoms with E-state index in [1.807, 2.05) is 26.2 Å². The molecule has 2 rings (SSSR count). The Labute approximate surface area is 116 Å². The second-order valence-electron chi connectivity index (χ2n) is 6.14. The Balaban J connectivity index is 2.22. The minimum absolute atomic E-state index is 0.442. The van der Waals surface area contributed by atoms with Crippen LogP contribution in [0.2, 0.25) is 0 Å². The van der Waals surface area contributed by atoms with Gasteiger partial charge in [-0.25, -0.2) is 0 Å². The maximum Gasteiger partial charge on any atom is 0.0824 e. The number of nitrogens with zero attached hydrogens (tertiary/aromatic N) is 3. The van der Waals surface area contributed by atoms with Gasteiger partial charge in [0.25, 0.3) is 0 Å². The van der Waals surface area contributed by atoms with Gasteiger partial charge < -0.3 is 4.90 Å². The Hall–Kier alpha value is -1.40. The number of rotatable bonds is 3. The number of likely N-dealkylation sites (tertiary alicyclic amines) is 1. The lowest BCUT2D eigenvalue weighted by Crippen LogP contribution is -2.36. The van der Waals surface area contributed by atoms with Crippen LogP contribution < -0.4 is 0 Å². The third-order valence-electron chi connectivity index (χ3n) is 4.59. The summed E-state index contributed by atoms with van der Waals surface area (Å²) in [5, 5.41) is 9.65. The van der Waals surface area contributed by atoms with Crippen LogP contribution in [0.15, 0.2) is 18.5 Å². The second-order valence-corrected chi connectivity index (χ2v) is 6.14. The number of aromatic nitrogens is 1. The number of aryl methyl sites for hydroxylation is 1. The van der Waals surface area contributed by atoms with Crippen LogP contribution >= 0.6 is 0 Å². The summed E-state index contributed by atoms with van der Waals surface area (Å²) in [6, 6.07) is 5.74. The zero-order valence-corrected chi connectivity index (χ0v) is 12.3. The van der Waals surface area contributed by atoms with E-state index in [1.165, 1.54) is 12.8 Å². The van der Waals surface area contributed by atoms with Crippen LogP contribution in [0.1, 0.15) is 44.2 Å². The van der Waals surface area contributed by atoms with Crippen LogP contribution in [-0.4, -0.2) is 29.0 Å². The van der Waals surface area contributed by atoms with Gasteiger partial charge in [-0.05, 0) is 58.2 Å². The molecule has 0 saturated carbocycles. The number of nitriles is 1. The van der Waals surface area contributed by atoms with E-state index in [0.717, 1.165) is 17.5 Å². The van der Waals surface area contributed by atoms with Crippen molar-refractivity contribution in [3.8, 4) is 6.07 Å². The van der Waals surface area contributed by atoms with Gasteiger partial charge in [-0.2, -0.15) is 5.26 Å². The Morgan fingerprint density at radius 1 is 1.47 bits per heavy atom. The fourth-order valence-corrected chi connectivity index (χ4v) is 3.00. The van der Waals surface area contributed by atoms with Crippen molar-refractivity contribution >= 4 is 0 Å². The van der Waals surface area contributed by atoms with Crippen molar-refractivity contribution < 1.29 is 0 Å². The molecular formula is C16H23N3. The molecule has 0 radical (unpaired) electrons. The maximum atomic E-state index is 9.65. The van der Waals surface area contributed by atoms with Crippen molar-refractivity contribution in [3.63, 3.8) is 0 Å². The molecule has 1 saturated heterocycles. The van der Waals surface area contributed by atoms with Gasteiger partial charge in [0.1, 0.15) is 0 Å². The van der Waals surface area contributed by atoms with Crippen LogP contribution in [0.3, 0.4) is 0 Å². The molecule has 2 heterocycles. The van der Waals surface area contributed by atoms with Crippen molar-refractivity contribution in [1.29, 1.82) is 5.26 Å². The van der Waals surface area contributed by atoms with E-state index in [1.54, 1.807) is 0 Å². The van der Waals surface area contributed by atoms with Gasteiger partial charge in [0.2, 0.25) is 0 Å². The summed E-state index contributed by atoms with van der Waals surface area (Å²) in [6.07, 6.45) is 6.98. The van der Waals surface area contributed by atoms with E-state index in [4.69, 9.17) is 0 Å². The monoisotopic (exact) mass is 257 g/mol. The molecule has 1 fully saturated rings. The lowest BCUT2D eigenvalue weighted by molar-refractivity contribution is 0.224. The molecule has 1 aliphatic heterocycles. The predicted molar refractivity (Wildman–Crippen MR) is 76.8 cm³/mol. The summed E-state index contributed by atoms with van der Waals surface area (Å²) in [5.41, 5.74) is 1.72. The summed E-state index contributed by atoms with van der Waals surface area (Å²) in [5.74, 6) is 0. The van der Waals surface area contributed by atoms with Gasteiger partial charge in [-0.1, -0.05) is 6.07 Å². The molecule has 3 atom stereocenters. The largest absolute Gasteiger partial charge is 0.301 e. The molecule has 0 bridgehead atoms. The highest BCUT2D eigenvalue weighted by Crippen LogP contribution is 2.34. The average Bonchev–Trinajstić information content (AvgIpc) is 2.70. The van der Waals surface area contributed by atoms with Crippen molar-refractivity contribution in [2.45, 2.75) is 57.5 Å². The summed E-state index contributed by atoms with van der Waals surface area (Å²) >= 11 is 0. The maximum absolute atomic E-state index is 9.65. The summed E-state index contributed by atoms with van der Waals surface area (Å²) in [7, 11) is 2.18. The Morgan fingerprint density at radius 3 is 2.74 bits per heavy atom. The molecule has 19 heavy (non-hydrogen) atoms. The van der Waals surface area contributed by atoms with Crippen LogP contribution in [0, 0.1) is 18.3 Å². The Kier molecular flexibility index (Phi) is 3.91. The highest BCUT2D eigenvalue weighted by Gasteiger charge is 2.36. The molecule has 0 aliphatic carbocycles. The first-order valence-electron chi connectivity index (χ1n) is 7.01. The Bertz CT molecular complexity index is 491. The highest BCUT2D eigenvalue weighted by molar-refractivity contribution is 5.31. The Morgan fingerprint density at radius 2 is 2.21 bits per heavy atom. The minimum atomic E-state index is -0.442. The van der Waals surface area contributed by atoms with Gasteiger partial charge in [-0.3, -0.25) is 4.98 Å². The highest BCUT2D eigenvalue weighted by atomic mass is 15.2. The van der Waals surface area contributed by atoms with Gasteiger partial charge in [0.15, 0.2) is 0 Å². The first kappa shape index (κ1) is 14.0. The normalized spacial score (nSPS) is 26.9. The van der Waals surface area contributed by atoms with E-state index in [0.29, 0.717) is 12.1 Å². The van der Waals surface area contributed by atoms with Crippen LogP contribution in [0.5, 0.6) is 0 Å². The number of pyridine rings is 1. The van der Waals surface area contributed by atoms with Gasteiger partial charge in [0, 0.05) is 24.5 Å². The molecule has 3 unspecified atom stereocenters. The third-order valence-corrected chi connectivity index (χ3v) is 4.59. The third kappa shape index (κ3) is 2.79. The summed E-state index contributed by atoms with van der Waals surface area (Å²) < 4.78 is 0. The van der Waals surface area contributed by atoms with Crippen molar-refractivity contribution in [3.05, 3.63) is 29.6 Å². The molecule has 1 aliphatic rings. The molecule has 0 N–H and O–H groups in total. The molecule has 0 spiro atoms. The smallest absolute Gasteiger partial charge is 0.0824 e. The molecular weight excluding hydrogens is 234 g/mol. The predicted octanol–water partition coefficient (Wildman–Crippen LogP) is 3.04. The average molecular weight is 257 g/mol. The van der Waals surface area contributed by atoms with E-state index in [2.05, 4.69) is 36.0 Å². The number of hydrogen-bond donors (Lipinski definition) is 0. The number of hydrogen-bond acceptors (Lipinski definition) is 3. The van der Waals surface area contributed by atoms with Crippen LogP contribution in [0.25, 0.3) is 0 Å². The molecule has 3 nitrogen and oxygen atoms in total. The van der Waals surface area contributed by atoms with E-state index >= 15 is 0 Å². The van der Waals surface area contributed by atoms with Crippen molar-refractivity contribution in [1.82, 2.24) is 9.88 Å². The van der Waals surface area contributed by atoms with Crippen molar-refractivity contribution in [2.24, 2.45) is 0 Å². The SMILES string of the molecule is Cc1cncc(C(C)(C#N)CC2CCC(C)N2C)c1. The lowest BCUT2D eigenvalue weighted by atomic mass is 9.78. The second kappa shape index (κ2) is 5.30. The molecule has 0 aromatic carbocycles. The zero-order valence-electron chi connectivity index (χ0n) is 12.3. The summed E-state index contributed by atoms with van der Waals surface area (Å²) in [4.78, 5) is 6.66. The fourth-order valence-electron chi connectivity index (χ4n) is 3.00. The lowest BCUT2D eigenvalue weighted by Gasteiger charge is -2.30. The zero-order chi connectivity index (χ0) is 14.0. The molecule has 3 heteroatoms. The van der Waals surface area contributed by atoms with E-state index in [-0.39, 0.29) is 0 Å². The summed E-state index contributed by atoms with van der Waals surface area (Å²) in [6.45, 7) is 6.33. The van der Waals surface area contributed by atoms with Crippen LogP contribution in [-0.2, 0) is 5.41 Å². The molecule has 102 valence electrons. The van der Waals surface area contributed by atoms with Gasteiger partial charge >= 0.3 is 0 Å². The van der Waals surface area contributed by atoms with Crippen LogP contribution in [0.4, 0.5) is 0 Å². The first-order chi connectivity index (χ1) is 8.96. The van der Waals surface area contributed by atoms with Crippen molar-refractivity contribution in [2.75, 3.05) is 7.05 Å². The van der Waals surface area contributed by atoms with E-state index in [9.17, 15) is 5.26 Å². The first-order valence-corrected chi connectivity index (χ1v) is 7.01. The topological polar surface area (TPSA) is 39.9 Å². The molecule has 0 amide bonds. The van der Waals surface area contributed by atoms with E-state index < -0.39 is 5.41 Å². The standard InChI is InChI=1S/C16H23N3/c1-12-7-14(10-18-9-12)16(3,11-17)8-15-6-5-13(2)19(15)4/h7,9-10,13,15H,5-6,8H2,1-4H3. The fraction of sp³-hybridized carbons (Fsp3) is 0.625. The molecule has 1 aromatic heterocycles. The minimum Gasteiger partial charge on any atom is -0.301 e.